The van der Waals surface area contributed by atoms with E-state index in [-0.39, 0.29) is 18.0 Å². The summed E-state index contributed by atoms with van der Waals surface area (Å²) in [7, 11) is 0. The van der Waals surface area contributed by atoms with E-state index in [9.17, 15) is 4.79 Å². The highest BCUT2D eigenvalue weighted by Crippen LogP contribution is 2.30. The minimum absolute atomic E-state index is 0.108. The van der Waals surface area contributed by atoms with E-state index in [0.717, 1.165) is 18.4 Å². The molecule has 2 amide bonds. The van der Waals surface area contributed by atoms with Crippen molar-refractivity contribution < 1.29 is 9.53 Å². The van der Waals surface area contributed by atoms with E-state index in [1.807, 2.05) is 37.3 Å². The predicted octanol–water partition coefficient (Wildman–Crippen LogP) is 4.18. The Balaban J connectivity index is 1.92. The summed E-state index contributed by atoms with van der Waals surface area (Å²) in [4.78, 5) is 17.1. The lowest BCUT2D eigenvalue weighted by Gasteiger charge is -2.27. The summed E-state index contributed by atoms with van der Waals surface area (Å²) < 4.78 is 5.92. The van der Waals surface area contributed by atoms with E-state index >= 15 is 0 Å². The monoisotopic (exact) mass is 381 g/mol. The molecule has 1 aromatic carbocycles. The molecular formula is C21H27N5O2. The number of anilines is 2. The third-order valence-electron chi connectivity index (χ3n) is 4.82. The van der Waals surface area contributed by atoms with Crippen LogP contribution in [0.3, 0.4) is 0 Å². The Labute approximate surface area is 165 Å². The lowest BCUT2D eigenvalue weighted by molar-refractivity contribution is 0.237. The fourth-order valence-electron chi connectivity index (χ4n) is 3.43. The molecule has 0 fully saturated rings. The van der Waals surface area contributed by atoms with Crippen molar-refractivity contribution in [2.24, 2.45) is 5.92 Å². The van der Waals surface area contributed by atoms with Gasteiger partial charge in [0.2, 0.25) is 5.88 Å². The molecule has 0 saturated carbocycles. The Hall–Kier alpha value is -3.09. The summed E-state index contributed by atoms with van der Waals surface area (Å²) >= 11 is 0. The number of rotatable bonds is 4. The molecule has 3 rings (SSSR count). The second kappa shape index (κ2) is 9.21. The molecule has 0 aliphatic carbocycles. The van der Waals surface area contributed by atoms with Crippen LogP contribution in [0.5, 0.6) is 5.88 Å². The number of carbonyl (C=O) groups is 1. The molecule has 0 saturated heterocycles. The van der Waals surface area contributed by atoms with Crippen LogP contribution in [0.2, 0.25) is 0 Å². The van der Waals surface area contributed by atoms with Crippen molar-refractivity contribution in [1.82, 2.24) is 10.3 Å². The zero-order valence-electron chi connectivity index (χ0n) is 16.3. The van der Waals surface area contributed by atoms with Gasteiger partial charge in [-0.05, 0) is 37.3 Å². The molecule has 7 nitrogen and oxygen atoms in total. The molecule has 2 atom stereocenters. The Morgan fingerprint density at radius 1 is 1.36 bits per heavy atom. The van der Waals surface area contributed by atoms with Gasteiger partial charge in [0.1, 0.15) is 11.5 Å². The van der Waals surface area contributed by atoms with Crippen molar-refractivity contribution in [2.45, 2.75) is 32.7 Å². The normalized spacial score (nSPS) is 19.9. The van der Waals surface area contributed by atoms with Gasteiger partial charge in [0.25, 0.3) is 0 Å². The van der Waals surface area contributed by atoms with Gasteiger partial charge in [-0.2, -0.15) is 4.98 Å². The first kappa shape index (κ1) is 19.7. The van der Waals surface area contributed by atoms with E-state index in [1.165, 1.54) is 6.21 Å². The molecule has 0 radical (unpaired) electrons. The number of hydrogen-bond donors (Lipinski definition) is 4. The van der Waals surface area contributed by atoms with Crippen LogP contribution in [0.4, 0.5) is 16.3 Å². The average Bonchev–Trinajstić information content (AvgIpc) is 2.70. The van der Waals surface area contributed by atoms with Crippen molar-refractivity contribution in [3.63, 3.8) is 0 Å². The Morgan fingerprint density at radius 2 is 2.14 bits per heavy atom. The number of benzene rings is 1. The van der Waals surface area contributed by atoms with Crippen LogP contribution in [0.25, 0.3) is 0 Å². The summed E-state index contributed by atoms with van der Waals surface area (Å²) in [6.07, 6.45) is 2.97. The first-order valence-corrected chi connectivity index (χ1v) is 9.67. The Morgan fingerprint density at radius 3 is 2.86 bits per heavy atom. The smallest absolute Gasteiger partial charge is 0.320 e. The molecule has 0 spiro atoms. The van der Waals surface area contributed by atoms with Crippen LogP contribution in [-0.2, 0) is 0 Å². The van der Waals surface area contributed by atoms with Crippen LogP contribution in [0, 0.1) is 11.3 Å². The fourth-order valence-corrected chi connectivity index (χ4v) is 3.43. The van der Waals surface area contributed by atoms with E-state index in [4.69, 9.17) is 10.1 Å². The van der Waals surface area contributed by atoms with Gasteiger partial charge >= 0.3 is 6.03 Å². The van der Waals surface area contributed by atoms with E-state index in [1.54, 1.807) is 6.07 Å². The summed E-state index contributed by atoms with van der Waals surface area (Å²) in [5, 5.41) is 16.8. The van der Waals surface area contributed by atoms with Gasteiger partial charge in [-0.15, -0.1) is 0 Å². The molecule has 0 unspecified atom stereocenters. The average molecular weight is 381 g/mol. The topological polar surface area (TPSA) is 99.1 Å². The van der Waals surface area contributed by atoms with E-state index in [0.29, 0.717) is 36.1 Å². The third-order valence-corrected chi connectivity index (χ3v) is 4.82. The van der Waals surface area contributed by atoms with Crippen molar-refractivity contribution >= 4 is 23.8 Å². The molecular weight excluding hydrogens is 354 g/mol. The first-order chi connectivity index (χ1) is 13.6. The number of carbonyl (C=O) groups excluding carboxylic acids is 1. The van der Waals surface area contributed by atoms with Crippen LogP contribution < -0.4 is 20.7 Å². The van der Waals surface area contributed by atoms with Crippen LogP contribution in [-0.4, -0.2) is 30.4 Å². The molecule has 148 valence electrons. The van der Waals surface area contributed by atoms with E-state index in [2.05, 4.69) is 27.9 Å². The molecule has 4 N–H and O–H groups in total. The first-order valence-electron chi connectivity index (χ1n) is 9.67. The van der Waals surface area contributed by atoms with Crippen molar-refractivity contribution in [3.05, 3.63) is 47.5 Å². The van der Waals surface area contributed by atoms with Gasteiger partial charge in [0.15, 0.2) is 0 Å². The van der Waals surface area contributed by atoms with Crippen molar-refractivity contribution in [1.29, 1.82) is 5.41 Å². The molecule has 1 aliphatic heterocycles. The molecule has 28 heavy (non-hydrogen) atoms. The number of pyridine rings is 1. The summed E-state index contributed by atoms with van der Waals surface area (Å²) in [5.41, 5.74) is 2.36. The highest BCUT2D eigenvalue weighted by Gasteiger charge is 2.23. The van der Waals surface area contributed by atoms with E-state index < -0.39 is 0 Å². The lowest BCUT2D eigenvalue weighted by Crippen LogP contribution is -2.36. The number of nitrogens with one attached hydrogen (secondary N) is 4. The SMILES string of the molecule is CCNc1c(C=N)cc2nc1OCCC[C@H](C)[C@H](c1ccccc1)NC(=O)N2. The maximum atomic E-state index is 12.7. The quantitative estimate of drug-likeness (QED) is 0.597. The van der Waals surface area contributed by atoms with Crippen molar-refractivity contribution in [2.75, 3.05) is 23.8 Å². The molecule has 7 heteroatoms. The number of aromatic nitrogens is 1. The summed E-state index contributed by atoms with van der Waals surface area (Å²) in [6, 6.07) is 11.2. The Bertz CT molecular complexity index is 825. The number of urea groups is 1. The fraction of sp³-hybridized carbons (Fsp3) is 0.381. The highest BCUT2D eigenvalue weighted by molar-refractivity contribution is 5.93. The maximum Gasteiger partial charge on any atom is 0.320 e. The van der Waals surface area contributed by atoms with Crippen LogP contribution in [0.1, 0.15) is 43.9 Å². The summed E-state index contributed by atoms with van der Waals surface area (Å²) in [5.74, 6) is 1.01. The maximum absolute atomic E-state index is 12.7. The van der Waals surface area contributed by atoms with Gasteiger partial charge in [-0.1, -0.05) is 37.3 Å². The van der Waals surface area contributed by atoms with Gasteiger partial charge < -0.3 is 20.8 Å². The molecule has 2 bridgehead atoms. The van der Waals surface area contributed by atoms with Crippen molar-refractivity contribution in [3.8, 4) is 5.88 Å². The van der Waals surface area contributed by atoms with Crippen LogP contribution in [0.15, 0.2) is 36.4 Å². The van der Waals surface area contributed by atoms with Gasteiger partial charge in [0.05, 0.1) is 12.6 Å². The largest absolute Gasteiger partial charge is 0.476 e. The number of fused-ring (bicyclic) bond motifs is 2. The second-order valence-electron chi connectivity index (χ2n) is 6.91. The molecule has 1 aromatic heterocycles. The molecule has 1 aliphatic rings. The zero-order chi connectivity index (χ0) is 19.9. The van der Waals surface area contributed by atoms with Gasteiger partial charge in [0, 0.05) is 18.3 Å². The van der Waals surface area contributed by atoms with Gasteiger partial charge in [-0.25, -0.2) is 4.79 Å². The molecule has 2 heterocycles. The number of amides is 2. The number of ether oxygens (including phenoxy) is 1. The highest BCUT2D eigenvalue weighted by atomic mass is 16.5. The number of nitrogens with zero attached hydrogens (tertiary/aromatic N) is 1. The van der Waals surface area contributed by atoms with Crippen LogP contribution >= 0.6 is 0 Å². The predicted molar refractivity (Wildman–Crippen MR) is 112 cm³/mol. The standard InChI is InChI=1S/C21H27N5O2/c1-3-23-19-16(13-22)12-17-24-20(19)28-11-7-8-14(2)18(26-21(27)25-17)15-9-5-4-6-10-15/h4-6,9-10,12-14,18,22-23H,3,7-8,11H2,1-2H3,(H2,24,25,26,27)/t14-,18+/m0/s1. The second-order valence-corrected chi connectivity index (χ2v) is 6.91. The minimum atomic E-state index is -0.327. The summed E-state index contributed by atoms with van der Waals surface area (Å²) in [6.45, 7) is 5.31. The van der Waals surface area contributed by atoms with Gasteiger partial charge in [-0.3, -0.25) is 5.32 Å². The number of hydrogen-bond acceptors (Lipinski definition) is 5. The minimum Gasteiger partial charge on any atom is -0.476 e. The lowest BCUT2D eigenvalue weighted by atomic mass is 9.91. The zero-order valence-corrected chi connectivity index (χ0v) is 16.3. The molecule has 2 aromatic rings. The third kappa shape index (κ3) is 4.60. The Kier molecular flexibility index (Phi) is 6.47.